The van der Waals surface area contributed by atoms with E-state index < -0.39 is 5.54 Å². The molecule has 3 rings (SSSR count). The van der Waals surface area contributed by atoms with Gasteiger partial charge in [0.15, 0.2) is 5.82 Å². The lowest BCUT2D eigenvalue weighted by atomic mass is 10.1. The first-order chi connectivity index (χ1) is 12.3. The molecule has 0 aliphatic heterocycles. The number of hydrogen-bond donors (Lipinski definition) is 1. The number of carbonyl (C=O) groups excluding carboxylic acids is 1. The second-order valence-corrected chi connectivity index (χ2v) is 6.84. The Hall–Kier alpha value is -2.74. The minimum Gasteiger partial charge on any atom is -0.465 e. The number of carbonyl (C=O) groups is 1. The van der Waals surface area contributed by atoms with Crippen LogP contribution in [0, 0.1) is 6.92 Å². The van der Waals surface area contributed by atoms with Crippen molar-refractivity contribution in [1.82, 2.24) is 24.5 Å². The van der Waals surface area contributed by atoms with Crippen molar-refractivity contribution in [1.29, 1.82) is 0 Å². The summed E-state index contributed by atoms with van der Waals surface area (Å²) in [5, 5.41) is 12.1. The van der Waals surface area contributed by atoms with Crippen LogP contribution in [0.2, 0.25) is 0 Å². The molecule has 3 aromatic rings. The average Bonchev–Trinajstić information content (AvgIpc) is 3.02. The van der Waals surface area contributed by atoms with E-state index in [2.05, 4.69) is 15.5 Å². The van der Waals surface area contributed by atoms with Crippen LogP contribution in [0.25, 0.3) is 16.7 Å². The quantitative estimate of drug-likeness (QED) is 0.693. The Morgan fingerprint density at radius 2 is 2.04 bits per heavy atom. The lowest BCUT2D eigenvalue weighted by molar-refractivity contribution is -0.149. The van der Waals surface area contributed by atoms with Crippen molar-refractivity contribution in [3.05, 3.63) is 39.9 Å². The highest BCUT2D eigenvalue weighted by Crippen LogP contribution is 2.16. The second-order valence-electron chi connectivity index (χ2n) is 6.84. The van der Waals surface area contributed by atoms with E-state index in [1.807, 2.05) is 29.5 Å². The minimum absolute atomic E-state index is 0.116. The van der Waals surface area contributed by atoms with E-state index in [1.54, 1.807) is 27.8 Å². The molecule has 0 amide bonds. The fourth-order valence-corrected chi connectivity index (χ4v) is 2.86. The zero-order valence-electron chi connectivity index (χ0n) is 15.7. The van der Waals surface area contributed by atoms with Crippen molar-refractivity contribution < 1.29 is 9.53 Å². The summed E-state index contributed by atoms with van der Waals surface area (Å²) in [7, 11) is 1.67. The Labute approximate surface area is 150 Å². The van der Waals surface area contributed by atoms with E-state index in [4.69, 9.17) is 4.74 Å². The van der Waals surface area contributed by atoms with E-state index in [9.17, 15) is 9.59 Å². The van der Waals surface area contributed by atoms with Gasteiger partial charge in [-0.2, -0.15) is 0 Å². The monoisotopic (exact) mass is 357 g/mol. The van der Waals surface area contributed by atoms with Crippen molar-refractivity contribution >= 4 is 22.6 Å². The van der Waals surface area contributed by atoms with Crippen molar-refractivity contribution in [2.45, 2.75) is 39.8 Å². The molecule has 0 bridgehead atoms. The molecule has 0 unspecified atom stereocenters. The predicted molar refractivity (Wildman–Crippen MR) is 98.0 cm³/mol. The van der Waals surface area contributed by atoms with Gasteiger partial charge in [-0.1, -0.05) is 11.6 Å². The first-order valence-corrected chi connectivity index (χ1v) is 8.52. The number of nitrogens with zero attached hydrogens (tertiary/aromatic N) is 4. The molecule has 26 heavy (non-hydrogen) atoms. The van der Waals surface area contributed by atoms with Gasteiger partial charge in [0.1, 0.15) is 5.54 Å². The van der Waals surface area contributed by atoms with Crippen molar-refractivity contribution in [3.8, 4) is 0 Å². The highest BCUT2D eigenvalue weighted by atomic mass is 16.5. The number of benzene rings is 1. The third-order valence-corrected chi connectivity index (χ3v) is 4.42. The molecule has 0 aliphatic carbocycles. The molecule has 2 aromatic heterocycles. The molecule has 8 heteroatoms. The van der Waals surface area contributed by atoms with Gasteiger partial charge in [0.05, 0.1) is 24.1 Å². The molecule has 1 N–H and O–H groups in total. The van der Waals surface area contributed by atoms with Gasteiger partial charge in [-0.3, -0.25) is 23.9 Å². The van der Waals surface area contributed by atoms with Gasteiger partial charge in [0.2, 0.25) is 5.78 Å². The summed E-state index contributed by atoms with van der Waals surface area (Å²) >= 11 is 0. The number of aromatic nitrogens is 4. The second kappa shape index (κ2) is 6.53. The molecule has 138 valence electrons. The van der Waals surface area contributed by atoms with Crippen LogP contribution in [-0.2, 0) is 23.1 Å². The summed E-state index contributed by atoms with van der Waals surface area (Å²) in [6, 6.07) is 5.69. The highest BCUT2D eigenvalue weighted by molar-refractivity contribution is 5.81. The summed E-state index contributed by atoms with van der Waals surface area (Å²) in [4.78, 5) is 24.7. The number of fused-ring (bicyclic) bond motifs is 3. The third kappa shape index (κ3) is 2.96. The lowest BCUT2D eigenvalue weighted by Gasteiger charge is -2.23. The van der Waals surface area contributed by atoms with Crippen molar-refractivity contribution in [3.63, 3.8) is 0 Å². The van der Waals surface area contributed by atoms with E-state index in [0.717, 1.165) is 11.1 Å². The SMILES string of the molecule is CCOC(=O)C(C)(C)NCc1nnc2n(C)c(=O)c3cc(C)ccc3n12. The first-order valence-electron chi connectivity index (χ1n) is 8.52. The van der Waals surface area contributed by atoms with Gasteiger partial charge in [-0.15, -0.1) is 10.2 Å². The molecule has 0 fully saturated rings. The van der Waals surface area contributed by atoms with Crippen LogP contribution < -0.4 is 10.9 Å². The average molecular weight is 357 g/mol. The maximum atomic E-state index is 12.6. The fourth-order valence-electron chi connectivity index (χ4n) is 2.86. The maximum Gasteiger partial charge on any atom is 0.325 e. The summed E-state index contributed by atoms with van der Waals surface area (Å²) in [5.74, 6) is 0.737. The van der Waals surface area contributed by atoms with Crippen molar-refractivity contribution in [2.75, 3.05) is 6.61 Å². The van der Waals surface area contributed by atoms with E-state index >= 15 is 0 Å². The summed E-state index contributed by atoms with van der Waals surface area (Å²) < 4.78 is 8.41. The smallest absolute Gasteiger partial charge is 0.325 e. The van der Waals surface area contributed by atoms with Crippen LogP contribution in [0.1, 0.15) is 32.2 Å². The van der Waals surface area contributed by atoms with Gasteiger partial charge in [0, 0.05) is 7.05 Å². The molecule has 0 saturated heterocycles. The number of ether oxygens (including phenoxy) is 1. The predicted octanol–water partition coefficient (Wildman–Crippen LogP) is 1.32. The van der Waals surface area contributed by atoms with Crippen molar-refractivity contribution in [2.24, 2.45) is 7.05 Å². The largest absolute Gasteiger partial charge is 0.465 e. The summed E-state index contributed by atoms with van der Waals surface area (Å²) in [6.45, 7) is 7.85. The van der Waals surface area contributed by atoms with Gasteiger partial charge in [-0.05, 0) is 39.8 Å². The molecule has 0 aliphatic rings. The Bertz CT molecular complexity index is 1050. The Balaban J connectivity index is 2.07. The molecule has 8 nitrogen and oxygen atoms in total. The van der Waals surface area contributed by atoms with Crippen LogP contribution in [0.15, 0.2) is 23.0 Å². The Morgan fingerprint density at radius 3 is 2.73 bits per heavy atom. The van der Waals surface area contributed by atoms with Crippen LogP contribution in [0.5, 0.6) is 0 Å². The molecule has 0 radical (unpaired) electrons. The topological polar surface area (TPSA) is 90.5 Å². The molecular formula is C18H23N5O3. The lowest BCUT2D eigenvalue weighted by Crippen LogP contribution is -2.47. The van der Waals surface area contributed by atoms with Gasteiger partial charge < -0.3 is 4.74 Å². The number of hydrogen-bond acceptors (Lipinski definition) is 6. The zero-order valence-corrected chi connectivity index (χ0v) is 15.7. The Kier molecular flexibility index (Phi) is 4.53. The van der Waals surface area contributed by atoms with E-state index in [0.29, 0.717) is 30.1 Å². The first kappa shape index (κ1) is 18.1. The van der Waals surface area contributed by atoms with Crippen LogP contribution in [-0.4, -0.2) is 37.3 Å². The Morgan fingerprint density at radius 1 is 1.31 bits per heavy atom. The number of aryl methyl sites for hydroxylation is 2. The number of nitrogens with one attached hydrogen (secondary N) is 1. The standard InChI is InChI=1S/C18H23N5O3/c1-6-26-16(25)18(3,4)19-10-14-20-21-17-22(5)15(24)12-9-11(2)7-8-13(12)23(14)17/h7-9,19H,6,10H2,1-5H3. The number of esters is 1. The molecule has 1 aromatic carbocycles. The fraction of sp³-hybridized carbons (Fsp3) is 0.444. The van der Waals surface area contributed by atoms with Gasteiger partial charge in [-0.25, -0.2) is 0 Å². The van der Waals surface area contributed by atoms with Crippen LogP contribution in [0.4, 0.5) is 0 Å². The van der Waals surface area contributed by atoms with E-state index in [1.165, 1.54) is 4.57 Å². The van der Waals surface area contributed by atoms with Gasteiger partial charge >= 0.3 is 5.97 Å². The molecule has 0 spiro atoms. The van der Waals surface area contributed by atoms with Gasteiger partial charge in [0.25, 0.3) is 5.56 Å². The minimum atomic E-state index is -0.866. The highest BCUT2D eigenvalue weighted by Gasteiger charge is 2.29. The number of rotatable bonds is 5. The third-order valence-electron chi connectivity index (χ3n) is 4.42. The molecular weight excluding hydrogens is 334 g/mol. The molecule has 2 heterocycles. The normalized spacial score (nSPS) is 12.0. The molecule has 0 saturated carbocycles. The van der Waals surface area contributed by atoms with Crippen LogP contribution in [0.3, 0.4) is 0 Å². The maximum absolute atomic E-state index is 12.6. The van der Waals surface area contributed by atoms with E-state index in [-0.39, 0.29) is 11.5 Å². The summed E-state index contributed by atoms with van der Waals surface area (Å²) in [5.41, 5.74) is 0.763. The van der Waals surface area contributed by atoms with Crippen LogP contribution >= 0.6 is 0 Å². The zero-order chi connectivity index (χ0) is 19.1. The summed E-state index contributed by atoms with van der Waals surface area (Å²) in [6.07, 6.45) is 0. The molecule has 0 atom stereocenters.